The smallest absolute Gasteiger partial charge is 0.0629 e. The highest BCUT2D eigenvalue weighted by atomic mass is 15.0. The van der Waals surface area contributed by atoms with E-state index in [9.17, 15) is 0 Å². The summed E-state index contributed by atoms with van der Waals surface area (Å²) < 4.78 is 0. The summed E-state index contributed by atoms with van der Waals surface area (Å²) in [6.07, 6.45) is 9.70. The van der Waals surface area contributed by atoms with Crippen molar-refractivity contribution in [1.29, 1.82) is 0 Å². The summed E-state index contributed by atoms with van der Waals surface area (Å²) in [5, 5.41) is 0. The van der Waals surface area contributed by atoms with E-state index in [1.165, 1.54) is 0 Å². The standard InChI is InChI=1S/C11H14N2/c1-13(2)10-6-4-8-11-7-3-5-9-12-11/h3-10H,1-2H3. The van der Waals surface area contributed by atoms with Crippen LogP contribution in [0.25, 0.3) is 6.08 Å². The van der Waals surface area contributed by atoms with Gasteiger partial charge in [0.2, 0.25) is 0 Å². The fraction of sp³-hybridized carbons (Fsp3) is 0.182. The van der Waals surface area contributed by atoms with Gasteiger partial charge in [-0.2, -0.15) is 0 Å². The van der Waals surface area contributed by atoms with Gasteiger partial charge >= 0.3 is 0 Å². The molecule has 0 saturated carbocycles. The van der Waals surface area contributed by atoms with Crippen molar-refractivity contribution in [2.45, 2.75) is 0 Å². The minimum atomic E-state index is 0.978. The van der Waals surface area contributed by atoms with Crippen molar-refractivity contribution in [2.75, 3.05) is 14.1 Å². The Kier molecular flexibility index (Phi) is 3.76. The van der Waals surface area contributed by atoms with Crippen molar-refractivity contribution in [2.24, 2.45) is 0 Å². The summed E-state index contributed by atoms with van der Waals surface area (Å²) in [6.45, 7) is 0. The number of allylic oxidation sites excluding steroid dienone is 2. The van der Waals surface area contributed by atoms with Gasteiger partial charge in [-0.05, 0) is 30.5 Å². The fourth-order valence-corrected chi connectivity index (χ4v) is 0.851. The minimum absolute atomic E-state index is 0.978. The summed E-state index contributed by atoms with van der Waals surface area (Å²) in [7, 11) is 3.98. The molecule has 0 aliphatic carbocycles. The number of hydrogen-bond donors (Lipinski definition) is 0. The van der Waals surface area contributed by atoms with Crippen LogP contribution in [0.2, 0.25) is 0 Å². The van der Waals surface area contributed by atoms with E-state index < -0.39 is 0 Å². The monoisotopic (exact) mass is 174 g/mol. The average Bonchev–Trinajstić information content (AvgIpc) is 2.14. The van der Waals surface area contributed by atoms with Crippen molar-refractivity contribution >= 4 is 6.08 Å². The maximum atomic E-state index is 4.16. The zero-order chi connectivity index (χ0) is 9.52. The molecule has 0 amide bonds. The fourth-order valence-electron chi connectivity index (χ4n) is 0.851. The molecule has 0 radical (unpaired) electrons. The van der Waals surface area contributed by atoms with E-state index in [-0.39, 0.29) is 0 Å². The van der Waals surface area contributed by atoms with Crippen LogP contribution in [0.3, 0.4) is 0 Å². The molecule has 0 aliphatic rings. The van der Waals surface area contributed by atoms with Crippen LogP contribution in [0.5, 0.6) is 0 Å². The average molecular weight is 174 g/mol. The third-order valence-corrected chi connectivity index (χ3v) is 1.45. The minimum Gasteiger partial charge on any atom is -0.383 e. The molecule has 1 heterocycles. The number of nitrogens with zero attached hydrogens (tertiary/aromatic N) is 2. The number of hydrogen-bond acceptors (Lipinski definition) is 2. The first kappa shape index (κ1) is 9.52. The third-order valence-electron chi connectivity index (χ3n) is 1.45. The van der Waals surface area contributed by atoms with Gasteiger partial charge in [-0.15, -0.1) is 0 Å². The maximum absolute atomic E-state index is 4.16. The summed E-state index contributed by atoms with van der Waals surface area (Å²) >= 11 is 0. The lowest BCUT2D eigenvalue weighted by atomic mass is 10.3. The van der Waals surface area contributed by atoms with Crippen LogP contribution in [0, 0.1) is 0 Å². The van der Waals surface area contributed by atoms with Gasteiger partial charge < -0.3 is 4.90 Å². The molecule has 0 bridgehead atoms. The van der Waals surface area contributed by atoms with Gasteiger partial charge in [0, 0.05) is 20.3 Å². The Morgan fingerprint density at radius 3 is 2.69 bits per heavy atom. The van der Waals surface area contributed by atoms with Crippen LogP contribution < -0.4 is 0 Å². The number of rotatable bonds is 3. The van der Waals surface area contributed by atoms with E-state index >= 15 is 0 Å². The van der Waals surface area contributed by atoms with E-state index in [4.69, 9.17) is 0 Å². The van der Waals surface area contributed by atoms with E-state index in [2.05, 4.69) is 4.98 Å². The van der Waals surface area contributed by atoms with Gasteiger partial charge in [0.15, 0.2) is 0 Å². The second-order valence-electron chi connectivity index (χ2n) is 2.92. The third kappa shape index (κ3) is 4.11. The Bertz CT molecular complexity index is 286. The molecular weight excluding hydrogens is 160 g/mol. The molecule has 1 aromatic rings. The summed E-state index contributed by atoms with van der Waals surface area (Å²) in [6, 6.07) is 5.86. The molecule has 0 atom stereocenters. The number of aromatic nitrogens is 1. The van der Waals surface area contributed by atoms with Crippen LogP contribution in [-0.4, -0.2) is 24.0 Å². The molecule has 0 fully saturated rings. The second kappa shape index (κ2) is 5.14. The van der Waals surface area contributed by atoms with Crippen molar-refractivity contribution in [3.8, 4) is 0 Å². The Morgan fingerprint density at radius 2 is 2.08 bits per heavy atom. The van der Waals surface area contributed by atoms with E-state index in [0.717, 1.165) is 5.69 Å². The second-order valence-corrected chi connectivity index (χ2v) is 2.92. The Labute approximate surface area is 79.2 Å². The summed E-state index contributed by atoms with van der Waals surface area (Å²) in [5.41, 5.74) is 0.978. The quantitative estimate of drug-likeness (QED) is 0.653. The molecule has 1 rings (SSSR count). The first-order chi connectivity index (χ1) is 6.29. The van der Waals surface area contributed by atoms with Gasteiger partial charge in [0.05, 0.1) is 5.69 Å². The molecule has 0 aromatic carbocycles. The predicted molar refractivity (Wildman–Crippen MR) is 56.1 cm³/mol. The molecule has 0 aliphatic heterocycles. The molecule has 2 nitrogen and oxygen atoms in total. The molecule has 2 heteroatoms. The predicted octanol–water partition coefficient (Wildman–Crippen LogP) is 2.17. The molecule has 68 valence electrons. The highest BCUT2D eigenvalue weighted by Crippen LogP contribution is 1.96. The van der Waals surface area contributed by atoms with Crippen LogP contribution >= 0.6 is 0 Å². The topological polar surface area (TPSA) is 16.1 Å². The molecule has 0 saturated heterocycles. The SMILES string of the molecule is CN(C)C=CC=Cc1ccccn1. The normalized spacial score (nSPS) is 11.2. The lowest BCUT2D eigenvalue weighted by Gasteiger charge is -2.00. The van der Waals surface area contributed by atoms with Crippen molar-refractivity contribution in [3.05, 3.63) is 48.4 Å². The van der Waals surface area contributed by atoms with E-state index in [1.807, 2.05) is 61.6 Å². The van der Waals surface area contributed by atoms with Gasteiger partial charge in [-0.25, -0.2) is 0 Å². The van der Waals surface area contributed by atoms with Crippen molar-refractivity contribution in [3.63, 3.8) is 0 Å². The Hall–Kier alpha value is -1.57. The van der Waals surface area contributed by atoms with Crippen LogP contribution in [-0.2, 0) is 0 Å². The highest BCUT2D eigenvalue weighted by molar-refractivity contribution is 5.46. The van der Waals surface area contributed by atoms with Gasteiger partial charge in [-0.1, -0.05) is 12.1 Å². The zero-order valence-electron chi connectivity index (χ0n) is 8.01. The molecule has 0 spiro atoms. The molecule has 0 unspecified atom stereocenters. The lowest BCUT2D eigenvalue weighted by Crippen LogP contribution is -1.99. The van der Waals surface area contributed by atoms with Crippen LogP contribution in [0.4, 0.5) is 0 Å². The van der Waals surface area contributed by atoms with Gasteiger partial charge in [0.1, 0.15) is 0 Å². The van der Waals surface area contributed by atoms with Crippen LogP contribution in [0.15, 0.2) is 42.7 Å². The molecule has 1 aromatic heterocycles. The molecule has 0 N–H and O–H groups in total. The Balaban J connectivity index is 2.50. The largest absolute Gasteiger partial charge is 0.383 e. The van der Waals surface area contributed by atoms with E-state index in [0.29, 0.717) is 0 Å². The lowest BCUT2D eigenvalue weighted by molar-refractivity contribution is 0.564. The first-order valence-corrected chi connectivity index (χ1v) is 4.21. The number of pyridine rings is 1. The molecule has 13 heavy (non-hydrogen) atoms. The summed E-state index contributed by atoms with van der Waals surface area (Å²) in [4.78, 5) is 6.15. The van der Waals surface area contributed by atoms with E-state index in [1.54, 1.807) is 6.20 Å². The highest BCUT2D eigenvalue weighted by Gasteiger charge is 1.81. The van der Waals surface area contributed by atoms with Crippen molar-refractivity contribution < 1.29 is 0 Å². The first-order valence-electron chi connectivity index (χ1n) is 4.21. The van der Waals surface area contributed by atoms with Gasteiger partial charge in [0.25, 0.3) is 0 Å². The maximum Gasteiger partial charge on any atom is 0.0629 e. The summed E-state index contributed by atoms with van der Waals surface area (Å²) in [5.74, 6) is 0. The van der Waals surface area contributed by atoms with Crippen LogP contribution in [0.1, 0.15) is 5.69 Å². The Morgan fingerprint density at radius 1 is 1.23 bits per heavy atom. The van der Waals surface area contributed by atoms with Gasteiger partial charge in [-0.3, -0.25) is 4.98 Å². The molecular formula is C11H14N2. The van der Waals surface area contributed by atoms with Crippen molar-refractivity contribution in [1.82, 2.24) is 9.88 Å². The zero-order valence-corrected chi connectivity index (χ0v) is 8.01.